The van der Waals surface area contributed by atoms with Crippen molar-refractivity contribution in [3.63, 3.8) is 0 Å². The third-order valence-electron chi connectivity index (χ3n) is 13.7. The van der Waals surface area contributed by atoms with Gasteiger partial charge in [0.05, 0.1) is 5.41 Å². The Morgan fingerprint density at radius 3 is 1.09 bits per heavy atom. The second-order valence-corrected chi connectivity index (χ2v) is 17.5. The molecule has 3 heteroatoms. The Balaban J connectivity index is 1.01. The molecule has 0 fully saturated rings. The highest BCUT2D eigenvalue weighted by Gasteiger charge is 2.51. The van der Waals surface area contributed by atoms with Crippen LogP contribution in [0.15, 0.2) is 249 Å². The van der Waals surface area contributed by atoms with Gasteiger partial charge in [0.1, 0.15) is 0 Å². The summed E-state index contributed by atoms with van der Waals surface area (Å²) >= 11 is 0. The Hall–Kier alpha value is -8.79. The molecule has 0 amide bonds. The summed E-state index contributed by atoms with van der Waals surface area (Å²) in [7, 11) is 0. The summed E-state index contributed by atoms with van der Waals surface area (Å²) in [6, 6.07) is 89.3. The molecule has 1 heterocycles. The molecule has 0 saturated heterocycles. The molecule has 67 heavy (non-hydrogen) atoms. The van der Waals surface area contributed by atoms with Crippen LogP contribution in [0.25, 0.3) is 101 Å². The molecule has 2 aliphatic rings. The summed E-state index contributed by atoms with van der Waals surface area (Å²) in [5, 5.41) is 0. The van der Waals surface area contributed by atoms with Crippen LogP contribution in [0.2, 0.25) is 0 Å². The van der Waals surface area contributed by atoms with Crippen LogP contribution in [0, 0.1) is 0 Å². The third kappa shape index (κ3) is 6.31. The molecule has 13 rings (SSSR count). The van der Waals surface area contributed by atoms with Crippen molar-refractivity contribution < 1.29 is 0 Å². The second kappa shape index (κ2) is 15.7. The molecule has 0 radical (unpaired) electrons. The zero-order valence-electron chi connectivity index (χ0n) is 36.5. The van der Waals surface area contributed by atoms with Gasteiger partial charge in [0.25, 0.3) is 0 Å². The fourth-order valence-electron chi connectivity index (χ4n) is 10.8. The van der Waals surface area contributed by atoms with Gasteiger partial charge in [-0.2, -0.15) is 0 Å². The number of aromatic nitrogens is 3. The fraction of sp³-hybridized carbons (Fsp3) is 0.0156. The molecule has 0 aliphatic heterocycles. The minimum Gasteiger partial charge on any atom is -0.208 e. The Kier molecular flexibility index (Phi) is 9.07. The summed E-state index contributed by atoms with van der Waals surface area (Å²) in [5.41, 5.74) is 21.7. The van der Waals surface area contributed by atoms with Gasteiger partial charge >= 0.3 is 0 Å². The van der Waals surface area contributed by atoms with Crippen LogP contribution < -0.4 is 0 Å². The molecular weight excluding hydrogens is 811 g/mol. The number of rotatable bonds is 7. The molecule has 0 bridgehead atoms. The highest BCUT2D eigenvalue weighted by molar-refractivity contribution is 6.00. The highest BCUT2D eigenvalue weighted by Crippen LogP contribution is 2.64. The Morgan fingerprint density at radius 2 is 0.537 bits per heavy atom. The Morgan fingerprint density at radius 1 is 0.209 bits per heavy atom. The van der Waals surface area contributed by atoms with Gasteiger partial charge in [-0.15, -0.1) is 0 Å². The van der Waals surface area contributed by atoms with Gasteiger partial charge in [-0.3, -0.25) is 0 Å². The average Bonchev–Trinajstić information content (AvgIpc) is 3.89. The van der Waals surface area contributed by atoms with Crippen molar-refractivity contribution in [1.29, 1.82) is 0 Å². The summed E-state index contributed by atoms with van der Waals surface area (Å²) in [4.78, 5) is 16.0. The SMILES string of the molecule is c1ccc(-c2cccc(-c3nc(-c4cc(-c5ccccc5)cc(-c5ccccc5)c4)nc(-c4cccc(-c5cccc6c5-c5ccccc5C65c6ccccc6-c6ccccc65)c4)n3)c2)cc1. The lowest BCUT2D eigenvalue weighted by molar-refractivity contribution is 0.794. The standard InChI is InChI=1S/C64H41N3/c1-4-19-42(20-5-1)45-25-16-27-47(37-45)61-65-62(67-63(66-61)51-40-49(43-21-6-2-7-22-43)39-50(41-51)44-23-8-3-9-24-44)48-28-17-26-46(38-48)52-32-18-36-59-60(52)55-31-12-15-35-58(55)64(59)56-33-13-10-29-53(56)54-30-11-14-34-57(54)64/h1-41H. The summed E-state index contributed by atoms with van der Waals surface area (Å²) in [6.07, 6.45) is 0. The van der Waals surface area contributed by atoms with Crippen molar-refractivity contribution in [1.82, 2.24) is 15.0 Å². The molecule has 0 atom stereocenters. The van der Waals surface area contributed by atoms with Crippen molar-refractivity contribution in [3.05, 3.63) is 271 Å². The predicted molar refractivity (Wildman–Crippen MR) is 274 cm³/mol. The molecule has 2 aliphatic carbocycles. The molecule has 1 aromatic heterocycles. The van der Waals surface area contributed by atoms with Gasteiger partial charge in [0.2, 0.25) is 0 Å². The van der Waals surface area contributed by atoms with E-state index in [1.807, 2.05) is 6.07 Å². The highest BCUT2D eigenvalue weighted by atomic mass is 15.0. The summed E-state index contributed by atoms with van der Waals surface area (Å²) in [5.74, 6) is 1.84. The molecule has 1 spiro atoms. The molecule has 0 N–H and O–H groups in total. The van der Waals surface area contributed by atoms with E-state index in [0.29, 0.717) is 17.5 Å². The van der Waals surface area contributed by atoms with Crippen molar-refractivity contribution >= 4 is 0 Å². The fourth-order valence-corrected chi connectivity index (χ4v) is 10.8. The van der Waals surface area contributed by atoms with Crippen molar-refractivity contribution in [2.75, 3.05) is 0 Å². The van der Waals surface area contributed by atoms with Gasteiger partial charge in [0.15, 0.2) is 17.5 Å². The van der Waals surface area contributed by atoms with Crippen molar-refractivity contribution in [2.45, 2.75) is 5.41 Å². The van der Waals surface area contributed by atoms with E-state index in [-0.39, 0.29) is 0 Å². The van der Waals surface area contributed by atoms with Crippen LogP contribution >= 0.6 is 0 Å². The van der Waals surface area contributed by atoms with Gasteiger partial charge in [-0.1, -0.05) is 218 Å². The van der Waals surface area contributed by atoms with Crippen LogP contribution in [0.5, 0.6) is 0 Å². The van der Waals surface area contributed by atoms with E-state index in [4.69, 9.17) is 15.0 Å². The molecule has 0 saturated carbocycles. The number of hydrogen-bond donors (Lipinski definition) is 0. The first-order chi connectivity index (χ1) is 33.2. The normalized spacial score (nSPS) is 12.6. The molecular formula is C64H41N3. The van der Waals surface area contributed by atoms with Gasteiger partial charge in [-0.05, 0) is 119 Å². The van der Waals surface area contributed by atoms with Crippen LogP contribution in [0.3, 0.4) is 0 Å². The quantitative estimate of drug-likeness (QED) is 0.160. The van der Waals surface area contributed by atoms with Gasteiger partial charge < -0.3 is 0 Å². The number of hydrogen-bond acceptors (Lipinski definition) is 3. The topological polar surface area (TPSA) is 38.7 Å². The first kappa shape index (κ1) is 38.6. The molecule has 3 nitrogen and oxygen atoms in total. The van der Waals surface area contributed by atoms with Crippen LogP contribution in [-0.2, 0) is 5.41 Å². The van der Waals surface area contributed by atoms with E-state index in [2.05, 4.69) is 243 Å². The van der Waals surface area contributed by atoms with E-state index in [1.54, 1.807) is 0 Å². The average molecular weight is 852 g/mol. The molecule has 11 aromatic rings. The zero-order chi connectivity index (χ0) is 44.3. The van der Waals surface area contributed by atoms with Gasteiger partial charge in [0, 0.05) is 16.7 Å². The monoisotopic (exact) mass is 851 g/mol. The molecule has 0 unspecified atom stereocenters. The van der Waals surface area contributed by atoms with Crippen LogP contribution in [0.1, 0.15) is 22.3 Å². The lowest BCUT2D eigenvalue weighted by atomic mass is 9.70. The van der Waals surface area contributed by atoms with E-state index < -0.39 is 5.41 Å². The first-order valence-electron chi connectivity index (χ1n) is 22.9. The number of fused-ring (bicyclic) bond motifs is 10. The molecule has 10 aromatic carbocycles. The lowest BCUT2D eigenvalue weighted by Gasteiger charge is -2.30. The minimum atomic E-state index is -0.425. The summed E-state index contributed by atoms with van der Waals surface area (Å²) < 4.78 is 0. The van der Waals surface area contributed by atoms with Crippen molar-refractivity contribution in [3.8, 4) is 101 Å². The maximum absolute atomic E-state index is 5.38. The number of nitrogens with zero attached hydrogens (tertiary/aromatic N) is 3. The second-order valence-electron chi connectivity index (χ2n) is 17.5. The van der Waals surface area contributed by atoms with Crippen molar-refractivity contribution in [2.24, 2.45) is 0 Å². The third-order valence-corrected chi connectivity index (χ3v) is 13.7. The maximum Gasteiger partial charge on any atom is 0.164 e. The molecule has 312 valence electrons. The Labute approximate surface area is 390 Å². The lowest BCUT2D eigenvalue weighted by Crippen LogP contribution is -2.25. The van der Waals surface area contributed by atoms with E-state index >= 15 is 0 Å². The van der Waals surface area contributed by atoms with E-state index in [9.17, 15) is 0 Å². The smallest absolute Gasteiger partial charge is 0.164 e. The van der Waals surface area contributed by atoms with Gasteiger partial charge in [-0.25, -0.2) is 15.0 Å². The maximum atomic E-state index is 5.38. The predicted octanol–water partition coefficient (Wildman–Crippen LogP) is 15.9. The van der Waals surface area contributed by atoms with Crippen LogP contribution in [-0.4, -0.2) is 15.0 Å². The van der Waals surface area contributed by atoms with E-state index in [1.165, 1.54) is 50.1 Å². The zero-order valence-corrected chi connectivity index (χ0v) is 36.5. The van der Waals surface area contributed by atoms with Crippen LogP contribution in [0.4, 0.5) is 0 Å². The first-order valence-corrected chi connectivity index (χ1v) is 22.9. The number of benzene rings is 10. The minimum absolute atomic E-state index is 0.425. The Bertz CT molecular complexity index is 3590. The summed E-state index contributed by atoms with van der Waals surface area (Å²) in [6.45, 7) is 0. The largest absolute Gasteiger partial charge is 0.208 e. The van der Waals surface area contributed by atoms with E-state index in [0.717, 1.165) is 55.6 Å².